The molecule has 154 valence electrons. The summed E-state index contributed by atoms with van der Waals surface area (Å²) in [5, 5.41) is 13.4. The van der Waals surface area contributed by atoms with Gasteiger partial charge < -0.3 is 20.9 Å². The number of carbonyl (C=O) groups excluding carboxylic acids is 1. The Kier molecular flexibility index (Phi) is 8.12. The predicted octanol–water partition coefficient (Wildman–Crippen LogP) is 5.15. The van der Waals surface area contributed by atoms with Crippen LogP contribution >= 0.6 is 0 Å². The molecule has 5 nitrogen and oxygen atoms in total. The van der Waals surface area contributed by atoms with Crippen LogP contribution in [0, 0.1) is 5.92 Å². The van der Waals surface area contributed by atoms with Crippen LogP contribution in [0.15, 0.2) is 35.9 Å². The van der Waals surface area contributed by atoms with Crippen molar-refractivity contribution in [1.82, 2.24) is 5.32 Å². The van der Waals surface area contributed by atoms with Gasteiger partial charge in [0.25, 0.3) is 0 Å². The highest BCUT2D eigenvalue weighted by Crippen LogP contribution is 2.47. The molecule has 4 N–H and O–H groups in total. The van der Waals surface area contributed by atoms with E-state index in [1.54, 1.807) is 0 Å². The normalized spacial score (nSPS) is 19.1. The van der Waals surface area contributed by atoms with Crippen molar-refractivity contribution >= 4 is 6.09 Å². The van der Waals surface area contributed by atoms with Gasteiger partial charge in [0, 0.05) is 11.5 Å². The van der Waals surface area contributed by atoms with E-state index < -0.39 is 6.09 Å². The summed E-state index contributed by atoms with van der Waals surface area (Å²) in [5.74, 6) is 0.698. The average molecular weight is 387 g/mol. The summed E-state index contributed by atoms with van der Waals surface area (Å²) in [4.78, 5) is 12.1. The molecule has 1 aromatic carbocycles. The van der Waals surface area contributed by atoms with Gasteiger partial charge in [-0.3, -0.25) is 0 Å². The quantitative estimate of drug-likeness (QED) is 0.328. The summed E-state index contributed by atoms with van der Waals surface area (Å²) in [7, 11) is 0. The molecule has 5 heteroatoms. The maximum absolute atomic E-state index is 12.1. The van der Waals surface area contributed by atoms with Crippen molar-refractivity contribution in [3.8, 4) is 11.5 Å². The number of rotatable bonds is 8. The molecule has 1 aliphatic carbocycles. The summed E-state index contributed by atoms with van der Waals surface area (Å²) < 4.78 is 5.58. The van der Waals surface area contributed by atoms with E-state index in [9.17, 15) is 9.90 Å². The van der Waals surface area contributed by atoms with Crippen molar-refractivity contribution in [3.63, 3.8) is 0 Å². The van der Waals surface area contributed by atoms with Crippen molar-refractivity contribution < 1.29 is 14.6 Å². The van der Waals surface area contributed by atoms with E-state index in [-0.39, 0.29) is 24.3 Å². The fourth-order valence-electron chi connectivity index (χ4n) is 3.94. The van der Waals surface area contributed by atoms with Gasteiger partial charge in [-0.1, -0.05) is 43.6 Å². The summed E-state index contributed by atoms with van der Waals surface area (Å²) >= 11 is 0. The number of aryl methyl sites for hydroxylation is 1. The molecule has 2 rings (SSSR count). The van der Waals surface area contributed by atoms with Gasteiger partial charge in [-0.05, 0) is 63.1 Å². The van der Waals surface area contributed by atoms with Gasteiger partial charge in [-0.15, -0.1) is 0 Å². The van der Waals surface area contributed by atoms with Crippen LogP contribution in [0.1, 0.15) is 69.9 Å². The zero-order chi connectivity index (χ0) is 20.7. The first-order valence-corrected chi connectivity index (χ1v) is 10.2. The third-order valence-corrected chi connectivity index (χ3v) is 5.41. The number of unbranched alkanes of at least 4 members (excludes halogenated alkanes) is 2. The van der Waals surface area contributed by atoms with Crippen molar-refractivity contribution in [2.24, 2.45) is 11.7 Å². The average Bonchev–Trinajstić information content (AvgIpc) is 2.61. The predicted molar refractivity (Wildman–Crippen MR) is 114 cm³/mol. The molecule has 0 fully saturated rings. The molecule has 0 heterocycles. The second-order valence-corrected chi connectivity index (χ2v) is 7.78. The van der Waals surface area contributed by atoms with E-state index in [1.807, 2.05) is 19.1 Å². The SMILES string of the molecule is C=C(C)C1CCC(C)=CC1c1c(O)cc(CCCCC)cc1OC(=O)NCN. The highest BCUT2D eigenvalue weighted by Gasteiger charge is 2.31. The van der Waals surface area contributed by atoms with Crippen molar-refractivity contribution in [2.75, 3.05) is 6.67 Å². The van der Waals surface area contributed by atoms with E-state index in [4.69, 9.17) is 10.5 Å². The molecule has 0 spiro atoms. The minimum atomic E-state index is -0.614. The van der Waals surface area contributed by atoms with Gasteiger partial charge in [-0.2, -0.15) is 0 Å². The van der Waals surface area contributed by atoms with Crippen LogP contribution in [0.2, 0.25) is 0 Å². The fraction of sp³-hybridized carbons (Fsp3) is 0.522. The topological polar surface area (TPSA) is 84.6 Å². The summed E-state index contributed by atoms with van der Waals surface area (Å²) in [6, 6.07) is 3.69. The number of carbonyl (C=O) groups is 1. The number of phenolic OH excluding ortho intramolecular Hbond substituents is 1. The van der Waals surface area contributed by atoms with Crippen LogP contribution in [-0.4, -0.2) is 17.9 Å². The lowest BCUT2D eigenvalue weighted by molar-refractivity contribution is 0.200. The number of phenols is 1. The molecule has 0 bridgehead atoms. The maximum atomic E-state index is 12.1. The zero-order valence-electron chi connectivity index (χ0n) is 17.4. The smallest absolute Gasteiger partial charge is 0.413 e. The molecule has 1 amide bonds. The molecule has 0 radical (unpaired) electrons. The van der Waals surface area contributed by atoms with Crippen molar-refractivity contribution in [1.29, 1.82) is 0 Å². The Bertz CT molecular complexity index is 740. The first-order valence-electron chi connectivity index (χ1n) is 10.2. The lowest BCUT2D eigenvalue weighted by Gasteiger charge is -2.32. The Morgan fingerprint density at radius 2 is 2.14 bits per heavy atom. The minimum absolute atomic E-state index is 0.00678. The third kappa shape index (κ3) is 5.61. The van der Waals surface area contributed by atoms with Crippen LogP contribution in [0.3, 0.4) is 0 Å². The largest absolute Gasteiger partial charge is 0.507 e. The zero-order valence-corrected chi connectivity index (χ0v) is 17.4. The minimum Gasteiger partial charge on any atom is -0.507 e. The highest BCUT2D eigenvalue weighted by molar-refractivity contribution is 5.71. The second kappa shape index (κ2) is 10.3. The van der Waals surface area contributed by atoms with Crippen LogP contribution < -0.4 is 15.8 Å². The Labute approximate surface area is 168 Å². The van der Waals surface area contributed by atoms with E-state index in [1.165, 1.54) is 5.57 Å². The number of benzene rings is 1. The van der Waals surface area contributed by atoms with Gasteiger partial charge >= 0.3 is 6.09 Å². The van der Waals surface area contributed by atoms with Crippen LogP contribution in [0.25, 0.3) is 0 Å². The molecule has 2 unspecified atom stereocenters. The number of ether oxygens (including phenoxy) is 1. The summed E-state index contributed by atoms with van der Waals surface area (Å²) in [5.41, 5.74) is 9.36. The van der Waals surface area contributed by atoms with Gasteiger partial charge in [0.1, 0.15) is 11.5 Å². The molecule has 28 heavy (non-hydrogen) atoms. The van der Waals surface area contributed by atoms with Crippen molar-refractivity contribution in [3.05, 3.63) is 47.1 Å². The maximum Gasteiger partial charge on any atom is 0.413 e. The standard InChI is InChI=1S/C23H34N2O3/c1-5-6-7-8-17-12-20(26)22(21(13-17)28-23(27)25-14-24)19-11-16(4)9-10-18(19)15(2)3/h11-13,18-19,26H,2,5-10,14,24H2,1,3-4H3,(H,25,27). The number of hydrogen-bond donors (Lipinski definition) is 3. The summed E-state index contributed by atoms with van der Waals surface area (Å²) in [6.45, 7) is 10.4. The molecule has 0 aliphatic heterocycles. The molecular formula is C23H34N2O3. The highest BCUT2D eigenvalue weighted by atomic mass is 16.6. The monoisotopic (exact) mass is 386 g/mol. The molecule has 0 saturated heterocycles. The van der Waals surface area contributed by atoms with Gasteiger partial charge in [0.2, 0.25) is 0 Å². The Balaban J connectivity index is 2.48. The van der Waals surface area contributed by atoms with Crippen LogP contribution in [-0.2, 0) is 6.42 Å². The number of aromatic hydroxyl groups is 1. The van der Waals surface area contributed by atoms with E-state index in [2.05, 4.69) is 31.8 Å². The lowest BCUT2D eigenvalue weighted by atomic mass is 9.73. The van der Waals surface area contributed by atoms with E-state index in [0.717, 1.165) is 49.7 Å². The Hall–Kier alpha value is -2.27. The van der Waals surface area contributed by atoms with E-state index in [0.29, 0.717) is 11.3 Å². The third-order valence-electron chi connectivity index (χ3n) is 5.41. The second-order valence-electron chi connectivity index (χ2n) is 7.78. The Morgan fingerprint density at radius 1 is 1.39 bits per heavy atom. The molecule has 2 atom stereocenters. The number of nitrogens with one attached hydrogen (secondary N) is 1. The summed E-state index contributed by atoms with van der Waals surface area (Å²) in [6.07, 6.45) is 7.63. The Morgan fingerprint density at radius 3 is 2.79 bits per heavy atom. The fourth-order valence-corrected chi connectivity index (χ4v) is 3.94. The van der Waals surface area contributed by atoms with Crippen molar-refractivity contribution in [2.45, 2.75) is 65.2 Å². The van der Waals surface area contributed by atoms with E-state index >= 15 is 0 Å². The molecule has 0 saturated carbocycles. The van der Waals surface area contributed by atoms with Crippen LogP contribution in [0.4, 0.5) is 4.79 Å². The molecular weight excluding hydrogens is 352 g/mol. The molecule has 0 aromatic heterocycles. The number of amides is 1. The first-order chi connectivity index (χ1) is 13.4. The number of nitrogens with two attached hydrogens (primary N) is 1. The van der Waals surface area contributed by atoms with Gasteiger partial charge in [-0.25, -0.2) is 4.79 Å². The lowest BCUT2D eigenvalue weighted by Crippen LogP contribution is -2.32. The van der Waals surface area contributed by atoms with Gasteiger partial charge in [0.15, 0.2) is 0 Å². The molecule has 1 aliphatic rings. The molecule has 1 aromatic rings. The van der Waals surface area contributed by atoms with Gasteiger partial charge in [0.05, 0.1) is 6.67 Å². The number of hydrogen-bond acceptors (Lipinski definition) is 4. The first kappa shape index (κ1) is 22.0. The number of allylic oxidation sites excluding steroid dienone is 3. The van der Waals surface area contributed by atoms with Crippen LogP contribution in [0.5, 0.6) is 11.5 Å².